The van der Waals surface area contributed by atoms with Crippen LogP contribution in [0.25, 0.3) is 0 Å². The molecule has 1 aliphatic carbocycles. The van der Waals surface area contributed by atoms with E-state index >= 15 is 0 Å². The van der Waals surface area contributed by atoms with Gasteiger partial charge in [0.2, 0.25) is 0 Å². The second-order valence-electron chi connectivity index (χ2n) is 6.88. The molecule has 2 atom stereocenters. The number of nitrogens with one attached hydrogen (secondary N) is 1. The summed E-state index contributed by atoms with van der Waals surface area (Å²) >= 11 is 0. The first-order valence-electron chi connectivity index (χ1n) is 6.60. The Hall–Kier alpha value is -0.0400. The van der Waals surface area contributed by atoms with Crippen molar-refractivity contribution in [1.82, 2.24) is 5.32 Å². The first-order chi connectivity index (χ1) is 6.87. The third-order valence-electron chi connectivity index (χ3n) is 3.49. The minimum absolute atomic E-state index is 0.471. The Kier molecular flexibility index (Phi) is 4.64. The predicted octanol–water partition coefficient (Wildman–Crippen LogP) is 3.84. The van der Waals surface area contributed by atoms with Crippen LogP contribution in [0.1, 0.15) is 60.3 Å². The maximum Gasteiger partial charge on any atom is 0.00721 e. The lowest BCUT2D eigenvalue weighted by atomic mass is 9.80. The molecule has 1 N–H and O–H groups in total. The summed E-state index contributed by atoms with van der Waals surface area (Å²) in [5.41, 5.74) is 0.471. The van der Waals surface area contributed by atoms with E-state index in [4.69, 9.17) is 0 Å². The zero-order chi connectivity index (χ0) is 11.5. The van der Waals surface area contributed by atoms with Crippen LogP contribution in [0, 0.1) is 17.3 Å². The minimum atomic E-state index is 0.471. The van der Waals surface area contributed by atoms with E-state index in [-0.39, 0.29) is 0 Å². The van der Waals surface area contributed by atoms with E-state index in [2.05, 4.69) is 39.9 Å². The third-order valence-corrected chi connectivity index (χ3v) is 3.49. The molecule has 0 spiro atoms. The van der Waals surface area contributed by atoms with Crippen molar-refractivity contribution in [2.45, 2.75) is 66.3 Å². The molecule has 0 aromatic carbocycles. The van der Waals surface area contributed by atoms with E-state index in [0.717, 1.165) is 17.9 Å². The maximum absolute atomic E-state index is 3.74. The van der Waals surface area contributed by atoms with Crippen molar-refractivity contribution in [3.63, 3.8) is 0 Å². The fourth-order valence-corrected chi connectivity index (χ4v) is 2.76. The zero-order valence-corrected chi connectivity index (χ0v) is 11.3. The van der Waals surface area contributed by atoms with E-state index in [1.807, 2.05) is 0 Å². The van der Waals surface area contributed by atoms with Crippen molar-refractivity contribution in [2.75, 3.05) is 6.54 Å². The largest absolute Gasteiger partial charge is 0.314 e. The van der Waals surface area contributed by atoms with Crippen LogP contribution in [0.2, 0.25) is 0 Å². The molecule has 1 nitrogen and oxygen atoms in total. The summed E-state index contributed by atoms with van der Waals surface area (Å²) in [6.07, 6.45) is 5.48. The number of rotatable bonds is 3. The highest BCUT2D eigenvalue weighted by molar-refractivity contribution is 4.80. The summed E-state index contributed by atoms with van der Waals surface area (Å²) in [6, 6.07) is 0.783. The molecule has 1 rings (SSSR count). The first kappa shape index (κ1) is 13.0. The molecule has 0 saturated heterocycles. The fraction of sp³-hybridized carbons (Fsp3) is 1.00. The summed E-state index contributed by atoms with van der Waals surface area (Å²) in [5.74, 6) is 1.83. The summed E-state index contributed by atoms with van der Waals surface area (Å²) in [5, 5.41) is 3.74. The molecule has 0 radical (unpaired) electrons. The average molecular weight is 211 g/mol. The van der Waals surface area contributed by atoms with Gasteiger partial charge in [0.15, 0.2) is 0 Å². The molecule has 90 valence electrons. The summed E-state index contributed by atoms with van der Waals surface area (Å²) in [7, 11) is 0. The molecular formula is C14H29N. The van der Waals surface area contributed by atoms with Gasteiger partial charge >= 0.3 is 0 Å². The highest BCUT2D eigenvalue weighted by Gasteiger charge is 2.23. The Morgan fingerprint density at radius 1 is 1.00 bits per heavy atom. The molecule has 2 unspecified atom stereocenters. The predicted molar refractivity (Wildman–Crippen MR) is 68.0 cm³/mol. The van der Waals surface area contributed by atoms with Gasteiger partial charge in [0.05, 0.1) is 0 Å². The van der Waals surface area contributed by atoms with Crippen LogP contribution in [0.15, 0.2) is 0 Å². The second kappa shape index (κ2) is 5.34. The van der Waals surface area contributed by atoms with Crippen LogP contribution in [-0.2, 0) is 0 Å². The van der Waals surface area contributed by atoms with Gasteiger partial charge in [0, 0.05) is 6.04 Å². The quantitative estimate of drug-likeness (QED) is 0.748. The van der Waals surface area contributed by atoms with E-state index in [1.54, 1.807) is 0 Å². The van der Waals surface area contributed by atoms with Crippen molar-refractivity contribution >= 4 is 0 Å². The van der Waals surface area contributed by atoms with Gasteiger partial charge in [-0.15, -0.1) is 0 Å². The van der Waals surface area contributed by atoms with Crippen LogP contribution in [-0.4, -0.2) is 12.6 Å². The van der Waals surface area contributed by atoms with Gasteiger partial charge in [-0.2, -0.15) is 0 Å². The molecule has 0 aromatic rings. The fourth-order valence-electron chi connectivity index (χ4n) is 2.76. The molecule has 0 heterocycles. The van der Waals surface area contributed by atoms with Crippen LogP contribution >= 0.6 is 0 Å². The van der Waals surface area contributed by atoms with Crippen LogP contribution < -0.4 is 5.32 Å². The first-order valence-corrected chi connectivity index (χ1v) is 6.60. The lowest BCUT2D eigenvalue weighted by Gasteiger charge is -2.32. The molecule has 15 heavy (non-hydrogen) atoms. The second-order valence-corrected chi connectivity index (χ2v) is 6.88. The van der Waals surface area contributed by atoms with Crippen molar-refractivity contribution < 1.29 is 0 Å². The molecule has 1 saturated carbocycles. The zero-order valence-electron chi connectivity index (χ0n) is 11.3. The smallest absolute Gasteiger partial charge is 0.00721 e. The topological polar surface area (TPSA) is 12.0 Å². The van der Waals surface area contributed by atoms with E-state index in [1.165, 1.54) is 32.2 Å². The number of hydrogen-bond donors (Lipinski definition) is 1. The SMILES string of the molecule is CC1CC(C)CC(NCCC(C)(C)C)C1. The third kappa shape index (κ3) is 5.55. The van der Waals surface area contributed by atoms with Crippen molar-refractivity contribution in [2.24, 2.45) is 17.3 Å². The lowest BCUT2D eigenvalue weighted by Crippen LogP contribution is -2.37. The molecule has 1 fully saturated rings. The van der Waals surface area contributed by atoms with Crippen molar-refractivity contribution in [1.29, 1.82) is 0 Å². The Morgan fingerprint density at radius 3 is 2.00 bits per heavy atom. The Bertz CT molecular complexity index is 170. The Morgan fingerprint density at radius 2 is 1.53 bits per heavy atom. The molecule has 0 aromatic heterocycles. The van der Waals surface area contributed by atoms with E-state index in [9.17, 15) is 0 Å². The van der Waals surface area contributed by atoms with Gasteiger partial charge in [-0.05, 0) is 49.5 Å². The monoisotopic (exact) mass is 211 g/mol. The molecule has 1 aliphatic rings. The highest BCUT2D eigenvalue weighted by atomic mass is 14.9. The maximum atomic E-state index is 3.74. The normalized spacial score (nSPS) is 33.0. The van der Waals surface area contributed by atoms with Gasteiger partial charge in [-0.3, -0.25) is 0 Å². The molecule has 1 heteroatoms. The molecule has 0 amide bonds. The molecule has 0 aliphatic heterocycles. The van der Waals surface area contributed by atoms with Gasteiger partial charge in [-0.1, -0.05) is 34.6 Å². The van der Waals surface area contributed by atoms with Gasteiger partial charge in [0.1, 0.15) is 0 Å². The lowest BCUT2D eigenvalue weighted by molar-refractivity contribution is 0.231. The van der Waals surface area contributed by atoms with Crippen molar-refractivity contribution in [3.05, 3.63) is 0 Å². The van der Waals surface area contributed by atoms with Gasteiger partial charge in [-0.25, -0.2) is 0 Å². The summed E-state index contributed by atoms with van der Waals surface area (Å²) in [6.45, 7) is 12.9. The van der Waals surface area contributed by atoms with Crippen LogP contribution in [0.5, 0.6) is 0 Å². The average Bonchev–Trinajstić information content (AvgIpc) is 1.99. The molecular weight excluding hydrogens is 182 g/mol. The highest BCUT2D eigenvalue weighted by Crippen LogP contribution is 2.28. The van der Waals surface area contributed by atoms with Gasteiger partial charge < -0.3 is 5.32 Å². The van der Waals surface area contributed by atoms with Gasteiger partial charge in [0.25, 0.3) is 0 Å². The van der Waals surface area contributed by atoms with Crippen LogP contribution in [0.3, 0.4) is 0 Å². The number of hydrogen-bond acceptors (Lipinski definition) is 1. The summed E-state index contributed by atoms with van der Waals surface area (Å²) < 4.78 is 0. The Balaban J connectivity index is 2.21. The summed E-state index contributed by atoms with van der Waals surface area (Å²) in [4.78, 5) is 0. The van der Waals surface area contributed by atoms with Crippen molar-refractivity contribution in [3.8, 4) is 0 Å². The van der Waals surface area contributed by atoms with Crippen LogP contribution in [0.4, 0.5) is 0 Å². The Labute approximate surface area is 96.0 Å². The minimum Gasteiger partial charge on any atom is -0.314 e. The van der Waals surface area contributed by atoms with E-state index in [0.29, 0.717) is 5.41 Å². The van der Waals surface area contributed by atoms with E-state index < -0.39 is 0 Å². The molecule has 0 bridgehead atoms. The standard InChI is InChI=1S/C14H29N/c1-11-8-12(2)10-13(9-11)15-7-6-14(3,4)5/h11-13,15H,6-10H2,1-5H3.